The lowest BCUT2D eigenvalue weighted by Gasteiger charge is -2.29. The summed E-state index contributed by atoms with van der Waals surface area (Å²) in [7, 11) is 0. The Hall–Kier alpha value is -4.45. The maximum absolute atomic E-state index is 13.5. The minimum atomic E-state index is -0.725. The van der Waals surface area contributed by atoms with E-state index in [-0.39, 0.29) is 48.0 Å². The average Bonchev–Trinajstić information content (AvgIpc) is 3.18. The Kier molecular flexibility index (Phi) is 10.2. The van der Waals surface area contributed by atoms with Gasteiger partial charge < -0.3 is 14.4 Å². The van der Waals surface area contributed by atoms with Crippen LogP contribution in [0.3, 0.4) is 0 Å². The highest BCUT2D eigenvalue weighted by atomic mass is 16.5. The number of para-hydroxylation sites is 1. The first-order chi connectivity index (χ1) is 20.2. The number of nitriles is 1. The van der Waals surface area contributed by atoms with Crippen molar-refractivity contribution in [3.8, 4) is 6.07 Å². The summed E-state index contributed by atoms with van der Waals surface area (Å²) in [5.41, 5.74) is 2.64. The summed E-state index contributed by atoms with van der Waals surface area (Å²) in [6.07, 6.45) is 4.77. The van der Waals surface area contributed by atoms with E-state index in [2.05, 4.69) is 31.4 Å². The van der Waals surface area contributed by atoms with Crippen molar-refractivity contribution < 1.29 is 28.7 Å². The third-order valence-electron chi connectivity index (χ3n) is 8.12. The van der Waals surface area contributed by atoms with Crippen LogP contribution in [0.2, 0.25) is 0 Å². The molecule has 0 aliphatic carbocycles. The highest BCUT2D eigenvalue weighted by molar-refractivity contribution is 6.18. The van der Waals surface area contributed by atoms with Gasteiger partial charge in [-0.1, -0.05) is 45.5 Å². The number of hydrogen-bond acceptors (Lipinski definition) is 8. The summed E-state index contributed by atoms with van der Waals surface area (Å²) in [6.45, 7) is 16.9. The number of allylic oxidation sites excluding steroid dienone is 3. The van der Waals surface area contributed by atoms with Gasteiger partial charge in [0.15, 0.2) is 0 Å². The molecule has 9 nitrogen and oxygen atoms in total. The van der Waals surface area contributed by atoms with Crippen LogP contribution >= 0.6 is 0 Å². The molecule has 0 N–H and O–H groups in total. The van der Waals surface area contributed by atoms with Gasteiger partial charge in [-0.25, -0.2) is 4.79 Å². The number of carbonyl (C=O) groups excluding carboxylic acids is 4. The topological polar surface area (TPSA) is 117 Å². The molecule has 1 aromatic carbocycles. The summed E-state index contributed by atoms with van der Waals surface area (Å²) in [6, 6.07) is 9.98. The zero-order valence-electron chi connectivity index (χ0n) is 26.2. The minimum Gasteiger partial charge on any atom is -0.465 e. The molecule has 2 amide bonds. The second-order valence-electron chi connectivity index (χ2n) is 11.9. The van der Waals surface area contributed by atoms with Gasteiger partial charge in [0.05, 0.1) is 18.6 Å². The van der Waals surface area contributed by atoms with Crippen molar-refractivity contribution in [2.45, 2.75) is 66.7 Å². The Bertz CT molecular complexity index is 1470. The molecule has 0 saturated carbocycles. The maximum atomic E-state index is 13.5. The molecule has 2 heterocycles. The highest BCUT2D eigenvalue weighted by Gasteiger charge is 2.40. The number of nitrogens with zero attached hydrogens (tertiary/aromatic N) is 3. The molecule has 1 aromatic rings. The normalized spacial score (nSPS) is 18.2. The zero-order chi connectivity index (χ0) is 32.1. The Labute approximate surface area is 254 Å². The number of anilines is 1. The van der Waals surface area contributed by atoms with E-state index in [0.29, 0.717) is 19.4 Å². The van der Waals surface area contributed by atoms with E-state index in [9.17, 15) is 24.4 Å². The number of carbonyl (C=O) groups is 4. The first kappa shape index (κ1) is 33.1. The molecule has 9 heteroatoms. The molecular formula is C34H41N3O6. The van der Waals surface area contributed by atoms with Gasteiger partial charge in [-0.3, -0.25) is 19.3 Å². The van der Waals surface area contributed by atoms with Crippen LogP contribution in [-0.4, -0.2) is 55.0 Å². The van der Waals surface area contributed by atoms with Crippen molar-refractivity contribution in [2.75, 3.05) is 31.2 Å². The van der Waals surface area contributed by atoms with E-state index in [1.165, 1.54) is 6.92 Å². The van der Waals surface area contributed by atoms with E-state index in [0.717, 1.165) is 21.8 Å². The van der Waals surface area contributed by atoms with Gasteiger partial charge in [-0.05, 0) is 69.9 Å². The summed E-state index contributed by atoms with van der Waals surface area (Å²) < 4.78 is 10.7. The summed E-state index contributed by atoms with van der Waals surface area (Å²) in [5, 5.41) is 9.74. The second kappa shape index (κ2) is 13.2. The molecule has 0 spiro atoms. The van der Waals surface area contributed by atoms with Crippen molar-refractivity contribution in [1.29, 1.82) is 5.26 Å². The number of hydrogen-bond donors (Lipinski definition) is 0. The van der Waals surface area contributed by atoms with E-state index in [4.69, 9.17) is 9.47 Å². The van der Waals surface area contributed by atoms with Gasteiger partial charge in [-0.2, -0.15) is 5.26 Å². The van der Waals surface area contributed by atoms with E-state index in [1.54, 1.807) is 13.0 Å². The van der Waals surface area contributed by atoms with E-state index < -0.39 is 28.6 Å². The highest BCUT2D eigenvalue weighted by Crippen LogP contribution is 2.47. The van der Waals surface area contributed by atoms with Gasteiger partial charge >= 0.3 is 11.9 Å². The fourth-order valence-corrected chi connectivity index (χ4v) is 4.98. The predicted molar refractivity (Wildman–Crippen MR) is 163 cm³/mol. The van der Waals surface area contributed by atoms with Crippen molar-refractivity contribution in [2.24, 2.45) is 5.41 Å². The number of rotatable bonds is 11. The minimum absolute atomic E-state index is 0.141. The standard InChI is InChI=1S/C34H41N3O6/c1-9-33(5,6)32(41)43-19-12-17-36-27-14-11-10-13-26(27)34(7,8)28(36)16-15-24-23(4)25(21-35)30(39)37(29(24)38)18-20-42-31(40)22(2)3/h10-11,13-16H,2,9,12,17-20H2,1,3-8H3/b24-15-,28-16-. The van der Waals surface area contributed by atoms with Gasteiger partial charge in [0.1, 0.15) is 18.2 Å². The number of imide groups is 1. The van der Waals surface area contributed by atoms with E-state index >= 15 is 0 Å². The predicted octanol–water partition coefficient (Wildman–Crippen LogP) is 5.29. The summed E-state index contributed by atoms with van der Waals surface area (Å²) in [5.74, 6) is -2.15. The van der Waals surface area contributed by atoms with Crippen molar-refractivity contribution in [3.05, 3.63) is 76.5 Å². The van der Waals surface area contributed by atoms with Crippen LogP contribution in [0.25, 0.3) is 0 Å². The fraction of sp³-hybridized carbons (Fsp3) is 0.441. The molecule has 2 aliphatic rings. The fourth-order valence-electron chi connectivity index (χ4n) is 4.98. The Morgan fingerprint density at radius 3 is 2.35 bits per heavy atom. The molecule has 0 saturated heterocycles. The Morgan fingerprint density at radius 1 is 1.05 bits per heavy atom. The maximum Gasteiger partial charge on any atom is 0.333 e. The third kappa shape index (κ3) is 6.80. The summed E-state index contributed by atoms with van der Waals surface area (Å²) >= 11 is 0. The van der Waals surface area contributed by atoms with Crippen molar-refractivity contribution >= 4 is 29.4 Å². The number of ether oxygens (including phenoxy) is 2. The molecule has 0 aromatic heterocycles. The first-order valence-electron chi connectivity index (χ1n) is 14.5. The Balaban J connectivity index is 1.93. The number of benzene rings is 1. The van der Waals surface area contributed by atoms with E-state index in [1.807, 2.05) is 51.1 Å². The van der Waals surface area contributed by atoms with Crippen LogP contribution in [0.4, 0.5) is 5.69 Å². The first-order valence-corrected chi connectivity index (χ1v) is 14.5. The largest absolute Gasteiger partial charge is 0.465 e. The van der Waals surface area contributed by atoms with Crippen LogP contribution in [0.15, 0.2) is 71.0 Å². The molecular weight excluding hydrogens is 546 g/mol. The quantitative estimate of drug-likeness (QED) is 0.148. The Morgan fingerprint density at radius 2 is 1.72 bits per heavy atom. The van der Waals surface area contributed by atoms with Gasteiger partial charge in [-0.15, -0.1) is 0 Å². The number of fused-ring (bicyclic) bond motifs is 1. The van der Waals surface area contributed by atoms with Crippen LogP contribution in [0.1, 0.15) is 66.9 Å². The van der Waals surface area contributed by atoms with Crippen LogP contribution < -0.4 is 4.90 Å². The van der Waals surface area contributed by atoms with Gasteiger partial charge in [0, 0.05) is 34.5 Å². The molecule has 0 bridgehead atoms. The average molecular weight is 588 g/mol. The van der Waals surface area contributed by atoms with Gasteiger partial charge in [0.25, 0.3) is 11.8 Å². The van der Waals surface area contributed by atoms with Crippen LogP contribution in [0, 0.1) is 16.7 Å². The number of amides is 2. The SMILES string of the molecule is C=C(C)C(=O)OCCN1C(=O)C(C#N)=C(C)/C(=C/C=C2\N(CCCOC(=O)C(C)(C)CC)c3ccccc3C2(C)C)C1=O. The molecule has 0 fully saturated rings. The van der Waals surface area contributed by atoms with Gasteiger partial charge in [0.2, 0.25) is 0 Å². The van der Waals surface area contributed by atoms with Crippen LogP contribution in [0.5, 0.6) is 0 Å². The molecule has 2 aliphatic heterocycles. The number of esters is 2. The molecule has 43 heavy (non-hydrogen) atoms. The molecule has 0 unspecified atom stereocenters. The zero-order valence-corrected chi connectivity index (χ0v) is 26.2. The molecule has 228 valence electrons. The van der Waals surface area contributed by atoms with Crippen molar-refractivity contribution in [3.63, 3.8) is 0 Å². The lowest BCUT2D eigenvalue weighted by molar-refractivity contribution is -0.154. The lowest BCUT2D eigenvalue weighted by Crippen LogP contribution is -2.44. The third-order valence-corrected chi connectivity index (χ3v) is 8.12. The second-order valence-corrected chi connectivity index (χ2v) is 11.9. The molecule has 3 rings (SSSR count). The monoisotopic (exact) mass is 587 g/mol. The van der Waals surface area contributed by atoms with Crippen molar-refractivity contribution in [1.82, 2.24) is 4.90 Å². The summed E-state index contributed by atoms with van der Waals surface area (Å²) in [4.78, 5) is 53.8. The van der Waals surface area contributed by atoms with Crippen LogP contribution in [-0.2, 0) is 34.1 Å². The molecule has 0 atom stereocenters. The smallest absolute Gasteiger partial charge is 0.333 e. The lowest BCUT2D eigenvalue weighted by atomic mass is 9.83. The molecule has 0 radical (unpaired) electrons.